The fourth-order valence-electron chi connectivity index (χ4n) is 4.27. The maximum atomic E-state index is 4.90. The van der Waals surface area contributed by atoms with Gasteiger partial charge in [0.05, 0.1) is 11.0 Å². The van der Waals surface area contributed by atoms with Crippen LogP contribution in [0.25, 0.3) is 16.9 Å². The molecule has 184 valence electrons. The van der Waals surface area contributed by atoms with Gasteiger partial charge >= 0.3 is 0 Å². The minimum atomic E-state index is 0.742. The molecule has 0 saturated heterocycles. The summed E-state index contributed by atoms with van der Waals surface area (Å²) in [6, 6.07) is 16.7. The van der Waals surface area contributed by atoms with Gasteiger partial charge in [-0.05, 0) is 75.1 Å². The van der Waals surface area contributed by atoms with Crippen molar-refractivity contribution in [2.45, 2.75) is 47.0 Å². The highest BCUT2D eigenvalue weighted by Gasteiger charge is 2.15. The molecule has 0 aliphatic heterocycles. The van der Waals surface area contributed by atoms with Crippen LogP contribution in [0, 0.1) is 6.92 Å². The van der Waals surface area contributed by atoms with Gasteiger partial charge < -0.3 is 15.5 Å². The first-order valence-electron chi connectivity index (χ1n) is 12.8. The lowest BCUT2D eigenvalue weighted by molar-refractivity contribution is 0.298. The molecule has 0 aliphatic carbocycles. The number of benzene rings is 2. The van der Waals surface area contributed by atoms with E-state index in [2.05, 4.69) is 82.0 Å². The van der Waals surface area contributed by atoms with E-state index in [1.165, 1.54) is 17.5 Å². The molecule has 0 aliphatic rings. The Hall–Kier alpha value is -3.45. The van der Waals surface area contributed by atoms with E-state index in [1.807, 2.05) is 24.3 Å². The number of hydrogen-bond acceptors (Lipinski definition) is 6. The van der Waals surface area contributed by atoms with E-state index >= 15 is 0 Å². The number of aryl methyl sites for hydroxylation is 2. The minimum Gasteiger partial charge on any atom is -0.370 e. The van der Waals surface area contributed by atoms with Crippen molar-refractivity contribution in [3.8, 4) is 5.82 Å². The molecule has 0 radical (unpaired) electrons. The molecule has 7 heteroatoms. The van der Waals surface area contributed by atoms with Gasteiger partial charge in [0.1, 0.15) is 18.0 Å². The molecule has 4 aromatic rings. The molecule has 7 nitrogen and oxygen atoms in total. The molecule has 0 unspecified atom stereocenters. The number of unbranched alkanes of at least 4 members (excludes halogenated alkanes) is 1. The smallest absolute Gasteiger partial charge is 0.214 e. The fourth-order valence-corrected chi connectivity index (χ4v) is 4.27. The topological polar surface area (TPSA) is 70.9 Å². The SMILES string of the molecule is CCc1ccc(C)c(Nc2nc3ccccc3n2-c2cc(NCCCCN(CC)CC)ncn2)c1. The summed E-state index contributed by atoms with van der Waals surface area (Å²) in [6.07, 6.45) is 4.88. The number of aromatic nitrogens is 4. The van der Waals surface area contributed by atoms with Gasteiger partial charge in [0, 0.05) is 18.3 Å². The molecule has 4 rings (SSSR count). The van der Waals surface area contributed by atoms with Crippen LogP contribution in [0.1, 0.15) is 44.7 Å². The lowest BCUT2D eigenvalue weighted by Gasteiger charge is -2.17. The number of para-hydroxylation sites is 2. The molecule has 2 aromatic heterocycles. The van der Waals surface area contributed by atoms with E-state index in [4.69, 9.17) is 4.98 Å². The van der Waals surface area contributed by atoms with Crippen LogP contribution in [-0.2, 0) is 6.42 Å². The summed E-state index contributed by atoms with van der Waals surface area (Å²) in [5.41, 5.74) is 5.44. The lowest BCUT2D eigenvalue weighted by atomic mass is 10.1. The number of fused-ring (bicyclic) bond motifs is 1. The van der Waals surface area contributed by atoms with E-state index < -0.39 is 0 Å². The van der Waals surface area contributed by atoms with Gasteiger partial charge in [0.2, 0.25) is 5.95 Å². The zero-order valence-corrected chi connectivity index (χ0v) is 21.4. The van der Waals surface area contributed by atoms with Crippen molar-refractivity contribution in [1.82, 2.24) is 24.4 Å². The van der Waals surface area contributed by atoms with E-state index in [1.54, 1.807) is 6.33 Å². The standard InChI is InChI=1S/C28H37N7/c1-5-22-15-14-21(4)24(18-22)33-28-32-23-12-8-9-13-25(23)35(28)27-19-26(30-20-31-27)29-16-10-11-17-34(6-2)7-3/h8-9,12-15,18-20H,5-7,10-11,16-17H2,1-4H3,(H,32,33)(H,29,30,31). The van der Waals surface area contributed by atoms with Crippen molar-refractivity contribution in [2.75, 3.05) is 36.8 Å². The molecular weight excluding hydrogens is 434 g/mol. The molecule has 0 spiro atoms. The maximum absolute atomic E-state index is 4.90. The average Bonchev–Trinajstić information content (AvgIpc) is 3.25. The van der Waals surface area contributed by atoms with Crippen molar-refractivity contribution in [3.63, 3.8) is 0 Å². The summed E-state index contributed by atoms with van der Waals surface area (Å²) < 4.78 is 2.07. The van der Waals surface area contributed by atoms with Gasteiger partial charge in [-0.1, -0.05) is 45.0 Å². The lowest BCUT2D eigenvalue weighted by Crippen LogP contribution is -2.24. The molecular formula is C28H37N7. The monoisotopic (exact) mass is 471 g/mol. The quantitative estimate of drug-likeness (QED) is 0.248. The Bertz CT molecular complexity index is 1240. The third-order valence-corrected chi connectivity index (χ3v) is 6.50. The molecule has 2 N–H and O–H groups in total. The predicted octanol–water partition coefficient (Wildman–Crippen LogP) is 5.96. The third kappa shape index (κ3) is 5.98. The summed E-state index contributed by atoms with van der Waals surface area (Å²) in [5, 5.41) is 7.05. The van der Waals surface area contributed by atoms with Crippen LogP contribution in [0.15, 0.2) is 54.9 Å². The second-order valence-electron chi connectivity index (χ2n) is 8.81. The zero-order valence-electron chi connectivity index (χ0n) is 21.4. The van der Waals surface area contributed by atoms with Crippen molar-refractivity contribution < 1.29 is 0 Å². The number of anilines is 3. The Balaban J connectivity index is 1.57. The van der Waals surface area contributed by atoms with Crippen LogP contribution >= 0.6 is 0 Å². The van der Waals surface area contributed by atoms with Crippen molar-refractivity contribution in [3.05, 3.63) is 66.0 Å². The minimum absolute atomic E-state index is 0.742. The molecule has 35 heavy (non-hydrogen) atoms. The largest absolute Gasteiger partial charge is 0.370 e. The number of nitrogens with zero attached hydrogens (tertiary/aromatic N) is 5. The highest BCUT2D eigenvalue weighted by atomic mass is 15.2. The van der Waals surface area contributed by atoms with E-state index in [0.29, 0.717) is 0 Å². The Morgan fingerprint density at radius 2 is 1.77 bits per heavy atom. The molecule has 2 aromatic carbocycles. The molecule has 0 saturated carbocycles. The summed E-state index contributed by atoms with van der Waals surface area (Å²) >= 11 is 0. The van der Waals surface area contributed by atoms with E-state index in [0.717, 1.165) is 73.3 Å². The maximum Gasteiger partial charge on any atom is 0.214 e. The summed E-state index contributed by atoms with van der Waals surface area (Å²) in [7, 11) is 0. The summed E-state index contributed by atoms with van der Waals surface area (Å²) in [5.74, 6) is 2.35. The molecule has 0 fully saturated rings. The van der Waals surface area contributed by atoms with Crippen LogP contribution in [0.3, 0.4) is 0 Å². The highest BCUT2D eigenvalue weighted by Crippen LogP contribution is 2.28. The van der Waals surface area contributed by atoms with Crippen molar-refractivity contribution in [2.24, 2.45) is 0 Å². The van der Waals surface area contributed by atoms with Crippen LogP contribution in [0.5, 0.6) is 0 Å². The van der Waals surface area contributed by atoms with Gasteiger partial charge in [0.15, 0.2) is 0 Å². The van der Waals surface area contributed by atoms with Crippen LogP contribution in [0.2, 0.25) is 0 Å². The van der Waals surface area contributed by atoms with Crippen LogP contribution in [-0.4, -0.2) is 50.6 Å². The predicted molar refractivity (Wildman–Crippen MR) is 146 cm³/mol. The van der Waals surface area contributed by atoms with Gasteiger partial charge in [-0.25, -0.2) is 15.0 Å². The molecule has 0 amide bonds. The van der Waals surface area contributed by atoms with Gasteiger partial charge in [-0.3, -0.25) is 4.57 Å². The first-order chi connectivity index (χ1) is 17.1. The van der Waals surface area contributed by atoms with Gasteiger partial charge in [-0.15, -0.1) is 0 Å². The highest BCUT2D eigenvalue weighted by molar-refractivity contribution is 5.82. The van der Waals surface area contributed by atoms with Gasteiger partial charge in [0.25, 0.3) is 0 Å². The second kappa shape index (κ2) is 11.8. The second-order valence-corrected chi connectivity index (χ2v) is 8.81. The first kappa shape index (κ1) is 24.7. The van der Waals surface area contributed by atoms with Gasteiger partial charge in [-0.2, -0.15) is 0 Å². The summed E-state index contributed by atoms with van der Waals surface area (Å²) in [4.78, 5) is 16.4. The number of hydrogen-bond donors (Lipinski definition) is 2. The van der Waals surface area contributed by atoms with E-state index in [9.17, 15) is 0 Å². The Morgan fingerprint density at radius 1 is 0.943 bits per heavy atom. The van der Waals surface area contributed by atoms with E-state index in [-0.39, 0.29) is 0 Å². The zero-order chi connectivity index (χ0) is 24.6. The average molecular weight is 472 g/mol. The number of imidazole rings is 1. The Kier molecular flexibility index (Phi) is 8.32. The summed E-state index contributed by atoms with van der Waals surface area (Å²) in [6.45, 7) is 13.0. The molecule has 0 bridgehead atoms. The molecule has 0 atom stereocenters. The molecule has 2 heterocycles. The number of nitrogens with one attached hydrogen (secondary N) is 2. The Morgan fingerprint density at radius 3 is 2.57 bits per heavy atom. The van der Waals surface area contributed by atoms with Crippen molar-refractivity contribution in [1.29, 1.82) is 0 Å². The van der Waals surface area contributed by atoms with Crippen molar-refractivity contribution >= 4 is 28.5 Å². The first-order valence-corrected chi connectivity index (χ1v) is 12.8. The van der Waals surface area contributed by atoms with Crippen LogP contribution in [0.4, 0.5) is 17.5 Å². The third-order valence-electron chi connectivity index (χ3n) is 6.50. The Labute approximate surface area is 208 Å². The number of rotatable bonds is 12. The normalized spacial score (nSPS) is 11.3. The fraction of sp³-hybridized carbons (Fsp3) is 0.393. The van der Waals surface area contributed by atoms with Crippen LogP contribution < -0.4 is 10.6 Å².